The first-order chi connectivity index (χ1) is 18.6. The highest BCUT2D eigenvalue weighted by atomic mass is 16.4. The Morgan fingerprint density at radius 2 is 1.05 bits per heavy atom. The maximum absolute atomic E-state index is 10.9. The summed E-state index contributed by atoms with van der Waals surface area (Å²) in [6.45, 7) is -2.25. The number of aldehydes is 1. The van der Waals surface area contributed by atoms with Gasteiger partial charge in [-0.25, -0.2) is 0 Å². The standard InChI is InChI=1S/2C7H15NO5.C6H12O6.CH5N.CH4/c2*1-8-2-4(10)6(12)7(13)5(11)3-9;7-1-3(9)5(11)6(12)4(10)2-8;1-2;/h5-9,11-13H,2-3H2,1H3;2,4-7,9-13H,3H2,1H3;1,3-6,8-12H,2H2;2H2,1H3;1H4/t5-,6-,7-;4-,5+,6+,7+;3-,4+,5+,6+;;/m100../s1. The molecule has 0 aromatic heterocycles. The van der Waals surface area contributed by atoms with Crippen molar-refractivity contribution in [3.63, 3.8) is 0 Å². The van der Waals surface area contributed by atoms with Gasteiger partial charge in [0, 0.05) is 13.3 Å². The molecule has 0 radical (unpaired) electrons. The number of aliphatic imine (C=N–C) groups is 1. The quantitative estimate of drug-likeness (QED) is 0.0567. The van der Waals surface area contributed by atoms with Crippen LogP contribution in [0.5, 0.6) is 0 Å². The number of nitrogens with two attached hydrogens (primary N) is 1. The summed E-state index contributed by atoms with van der Waals surface area (Å²) in [6.07, 6.45) is -16.6. The van der Waals surface area contributed by atoms with Crippen LogP contribution in [0.15, 0.2) is 4.99 Å². The molecular formula is C22H51N3O16. The molecule has 11 atom stereocenters. The number of aliphatic hydroxyl groups excluding tert-OH is 14. The number of hydrogen-bond donors (Lipinski definition) is 16. The zero-order valence-corrected chi connectivity index (χ0v) is 22.4. The molecule has 0 fully saturated rings. The monoisotopic (exact) mass is 613 g/mol. The summed E-state index contributed by atoms with van der Waals surface area (Å²) < 4.78 is 0. The fourth-order valence-corrected chi connectivity index (χ4v) is 2.18. The minimum absolute atomic E-state index is 0. The van der Waals surface area contributed by atoms with Crippen LogP contribution in [0.2, 0.25) is 0 Å². The van der Waals surface area contributed by atoms with E-state index in [9.17, 15) is 9.59 Å². The van der Waals surface area contributed by atoms with E-state index in [-0.39, 0.29) is 20.3 Å². The predicted octanol–water partition coefficient (Wildman–Crippen LogP) is -9.20. The van der Waals surface area contributed by atoms with Crippen molar-refractivity contribution in [3.8, 4) is 0 Å². The molecule has 0 aliphatic carbocycles. The minimum atomic E-state index is -1.79. The molecule has 0 amide bonds. The third kappa shape index (κ3) is 21.7. The van der Waals surface area contributed by atoms with Crippen molar-refractivity contribution in [1.82, 2.24) is 5.32 Å². The number of Topliss-reactive ketones (excluding diaryl/α,β-unsaturated/α-hetero) is 1. The first kappa shape index (κ1) is 49.1. The summed E-state index contributed by atoms with van der Waals surface area (Å²) in [5, 5.41) is 126. The lowest BCUT2D eigenvalue weighted by atomic mass is 10.0. The normalized spacial score (nSPS) is 18.8. The van der Waals surface area contributed by atoms with E-state index < -0.39 is 92.7 Å². The number of ketones is 1. The lowest BCUT2D eigenvalue weighted by Crippen LogP contribution is -2.46. The Kier molecular flexibility index (Phi) is 35.7. The molecule has 0 unspecified atom stereocenters. The predicted molar refractivity (Wildman–Crippen MR) is 144 cm³/mol. The van der Waals surface area contributed by atoms with Crippen LogP contribution >= 0.6 is 0 Å². The van der Waals surface area contributed by atoms with Crippen molar-refractivity contribution in [2.24, 2.45) is 10.7 Å². The van der Waals surface area contributed by atoms with Crippen LogP contribution in [0.3, 0.4) is 0 Å². The Morgan fingerprint density at radius 3 is 1.34 bits per heavy atom. The fraction of sp³-hybridized carbons (Fsp3) is 0.864. The lowest BCUT2D eigenvalue weighted by Gasteiger charge is -2.23. The van der Waals surface area contributed by atoms with Gasteiger partial charge in [-0.2, -0.15) is 0 Å². The van der Waals surface area contributed by atoms with Gasteiger partial charge in [0.15, 0.2) is 12.1 Å². The summed E-state index contributed by atoms with van der Waals surface area (Å²) in [4.78, 5) is 24.3. The molecule has 19 heteroatoms. The van der Waals surface area contributed by atoms with Gasteiger partial charge in [-0.15, -0.1) is 0 Å². The maximum atomic E-state index is 10.9. The molecular weight excluding hydrogens is 562 g/mol. The second kappa shape index (κ2) is 29.8. The zero-order valence-electron chi connectivity index (χ0n) is 22.4. The molecule has 19 nitrogen and oxygen atoms in total. The summed E-state index contributed by atoms with van der Waals surface area (Å²) >= 11 is 0. The molecule has 0 aromatic carbocycles. The number of carbonyl (C=O) groups excluding carboxylic acids is 2. The summed E-state index contributed by atoms with van der Waals surface area (Å²) in [5.74, 6) is -0.637. The first-order valence-electron chi connectivity index (χ1n) is 11.6. The highest BCUT2D eigenvalue weighted by Gasteiger charge is 2.30. The minimum Gasteiger partial charge on any atom is -0.394 e. The number of aliphatic hydroxyl groups is 14. The van der Waals surface area contributed by atoms with Gasteiger partial charge in [-0.1, -0.05) is 7.43 Å². The Bertz CT molecular complexity index is 636. The van der Waals surface area contributed by atoms with Crippen LogP contribution < -0.4 is 11.1 Å². The van der Waals surface area contributed by atoms with E-state index >= 15 is 0 Å². The van der Waals surface area contributed by atoms with Crippen molar-refractivity contribution in [2.75, 3.05) is 47.5 Å². The van der Waals surface area contributed by atoms with Gasteiger partial charge < -0.3 is 87.3 Å². The molecule has 0 aromatic rings. The van der Waals surface area contributed by atoms with Crippen molar-refractivity contribution in [3.05, 3.63) is 0 Å². The van der Waals surface area contributed by atoms with Gasteiger partial charge >= 0.3 is 0 Å². The Hall–Kier alpha value is -1.63. The molecule has 0 saturated heterocycles. The van der Waals surface area contributed by atoms with E-state index in [0.29, 0.717) is 0 Å². The van der Waals surface area contributed by atoms with Crippen LogP contribution in [0.4, 0.5) is 0 Å². The van der Waals surface area contributed by atoms with Gasteiger partial charge in [-0.3, -0.25) is 9.79 Å². The van der Waals surface area contributed by atoms with Gasteiger partial charge in [0.25, 0.3) is 0 Å². The molecule has 0 aliphatic rings. The van der Waals surface area contributed by atoms with Crippen LogP contribution in [-0.2, 0) is 9.59 Å². The molecule has 0 saturated carbocycles. The molecule has 17 N–H and O–H groups in total. The summed E-state index contributed by atoms with van der Waals surface area (Å²) in [6, 6.07) is 0. The van der Waals surface area contributed by atoms with Crippen molar-refractivity contribution in [2.45, 2.75) is 74.6 Å². The third-order valence-electron chi connectivity index (χ3n) is 4.59. The van der Waals surface area contributed by atoms with Crippen LogP contribution in [0.25, 0.3) is 0 Å². The smallest absolute Gasteiger partial charge is 0.177 e. The Morgan fingerprint density at radius 1 is 0.707 bits per heavy atom. The molecule has 250 valence electrons. The van der Waals surface area contributed by atoms with E-state index in [1.807, 2.05) is 0 Å². The highest BCUT2D eigenvalue weighted by molar-refractivity contribution is 5.85. The van der Waals surface area contributed by atoms with E-state index in [4.69, 9.17) is 71.5 Å². The van der Waals surface area contributed by atoms with Gasteiger partial charge in [0.2, 0.25) is 0 Å². The number of carbonyl (C=O) groups is 2. The number of likely N-dealkylation sites (N-methyl/N-ethyl adjacent to an activating group) is 1. The van der Waals surface area contributed by atoms with Gasteiger partial charge in [-0.05, 0) is 14.1 Å². The van der Waals surface area contributed by atoms with E-state index in [1.54, 1.807) is 0 Å². The van der Waals surface area contributed by atoms with Crippen LogP contribution in [0.1, 0.15) is 7.43 Å². The molecule has 0 bridgehead atoms. The van der Waals surface area contributed by atoms with Crippen LogP contribution in [-0.4, -0.2) is 204 Å². The van der Waals surface area contributed by atoms with E-state index in [0.717, 1.165) is 6.21 Å². The van der Waals surface area contributed by atoms with Crippen molar-refractivity contribution in [1.29, 1.82) is 0 Å². The number of nitrogens with zero attached hydrogens (tertiary/aromatic N) is 1. The Labute approximate surface area is 238 Å². The summed E-state index contributed by atoms with van der Waals surface area (Å²) in [7, 11) is 4.41. The number of rotatable bonds is 16. The number of hydrogen-bond acceptors (Lipinski definition) is 19. The van der Waals surface area contributed by atoms with Crippen molar-refractivity contribution < 1.29 is 81.1 Å². The van der Waals surface area contributed by atoms with Crippen molar-refractivity contribution >= 4 is 18.3 Å². The maximum Gasteiger partial charge on any atom is 0.177 e. The van der Waals surface area contributed by atoms with Crippen LogP contribution in [0, 0.1) is 0 Å². The second-order valence-corrected chi connectivity index (χ2v) is 7.67. The SMILES string of the molecule is C.CN.CN=C[C@H](O)[C@@H](O)[C@H](O)[C@H](O)CO.CNCC(=O)[C@@H](O)[C@H](O)[C@H](O)CO.O=C[C@H](O)[C@@H](O)[C@H](O)[C@H](O)CO. The third-order valence-corrected chi connectivity index (χ3v) is 4.59. The first-order valence-corrected chi connectivity index (χ1v) is 11.6. The largest absolute Gasteiger partial charge is 0.394 e. The molecule has 0 aliphatic heterocycles. The highest BCUT2D eigenvalue weighted by Crippen LogP contribution is 2.04. The number of nitrogens with one attached hydrogen (secondary N) is 1. The topological polar surface area (TPSA) is 368 Å². The average molecular weight is 614 g/mol. The second-order valence-electron chi connectivity index (χ2n) is 7.67. The zero-order chi connectivity index (χ0) is 32.6. The summed E-state index contributed by atoms with van der Waals surface area (Å²) in [5.41, 5.74) is 4.50. The van der Waals surface area contributed by atoms with E-state index in [2.05, 4.69) is 16.0 Å². The molecule has 0 rings (SSSR count). The molecule has 0 heterocycles. The average Bonchev–Trinajstić information content (AvgIpc) is 2.98. The Balaban J connectivity index is -0.000000151. The molecule has 0 spiro atoms. The lowest BCUT2D eigenvalue weighted by molar-refractivity contribution is -0.139. The fourth-order valence-electron chi connectivity index (χ4n) is 2.18. The van der Waals surface area contributed by atoms with Gasteiger partial charge in [0.1, 0.15) is 67.1 Å². The van der Waals surface area contributed by atoms with E-state index in [1.165, 1.54) is 21.1 Å². The van der Waals surface area contributed by atoms with Gasteiger partial charge in [0.05, 0.1) is 26.4 Å². The molecule has 41 heavy (non-hydrogen) atoms.